The van der Waals surface area contributed by atoms with Crippen molar-refractivity contribution in [2.75, 3.05) is 12.9 Å². The number of ether oxygens (including phenoxy) is 3. The molecule has 1 amide bonds. The molecule has 204 valence electrons. The molecule has 3 aromatic carbocycles. The van der Waals surface area contributed by atoms with E-state index in [1.54, 1.807) is 7.11 Å². The van der Waals surface area contributed by atoms with Crippen LogP contribution in [0.4, 0.5) is 16.2 Å². The number of methoxy groups -OCH3 is 1. The minimum absolute atomic E-state index is 0.0877. The first kappa shape index (κ1) is 28.9. The fourth-order valence-corrected chi connectivity index (χ4v) is 4.20. The number of non-ortho nitro benzene ring substituents is 2. The lowest BCUT2D eigenvalue weighted by Crippen LogP contribution is -2.43. The molecule has 1 N–H and O–H groups in total. The molecule has 0 radical (unpaired) electrons. The Labute approximate surface area is 227 Å². The monoisotopic (exact) mass is 555 g/mol. The summed E-state index contributed by atoms with van der Waals surface area (Å²) in [5.41, 5.74) is 1.88. The van der Waals surface area contributed by atoms with Crippen molar-refractivity contribution < 1.29 is 33.6 Å². The number of nitrogens with zero attached hydrogens (tertiary/aromatic N) is 2. The van der Waals surface area contributed by atoms with E-state index in [1.807, 2.05) is 24.3 Å². The van der Waals surface area contributed by atoms with Crippen molar-refractivity contribution in [1.29, 1.82) is 0 Å². The third-order valence-corrected chi connectivity index (χ3v) is 6.44. The van der Waals surface area contributed by atoms with Crippen molar-refractivity contribution in [3.05, 3.63) is 110 Å². The van der Waals surface area contributed by atoms with Crippen LogP contribution in [0.3, 0.4) is 0 Å². The van der Waals surface area contributed by atoms with Gasteiger partial charge in [-0.05, 0) is 53.1 Å². The third-order valence-electron chi connectivity index (χ3n) is 5.33. The predicted molar refractivity (Wildman–Crippen MR) is 142 cm³/mol. The van der Waals surface area contributed by atoms with Crippen LogP contribution >= 0.6 is 11.8 Å². The summed E-state index contributed by atoms with van der Waals surface area (Å²) in [7, 11) is 1.57. The number of nitrogens with one attached hydrogen (secondary N) is 1. The van der Waals surface area contributed by atoms with Gasteiger partial charge in [-0.25, -0.2) is 9.59 Å². The number of carbonyl (C=O) groups excluding carboxylic acids is 2. The molecule has 3 aromatic rings. The lowest BCUT2D eigenvalue weighted by atomic mass is 10.2. The van der Waals surface area contributed by atoms with Crippen LogP contribution in [0, 0.1) is 20.2 Å². The Kier molecular flexibility index (Phi) is 10.6. The Balaban J connectivity index is 1.58. The van der Waals surface area contributed by atoms with Crippen LogP contribution in [-0.4, -0.2) is 40.8 Å². The summed E-state index contributed by atoms with van der Waals surface area (Å²) < 4.78 is 15.7. The molecule has 0 saturated heterocycles. The summed E-state index contributed by atoms with van der Waals surface area (Å²) in [5, 5.41) is 24.1. The number of amides is 1. The first-order valence-corrected chi connectivity index (χ1v) is 12.7. The van der Waals surface area contributed by atoms with Crippen LogP contribution in [0.5, 0.6) is 5.75 Å². The van der Waals surface area contributed by atoms with Gasteiger partial charge < -0.3 is 19.5 Å². The normalized spacial score (nSPS) is 11.2. The van der Waals surface area contributed by atoms with Gasteiger partial charge in [0.15, 0.2) is 0 Å². The van der Waals surface area contributed by atoms with Gasteiger partial charge in [-0.15, -0.1) is 0 Å². The molecule has 0 aliphatic heterocycles. The summed E-state index contributed by atoms with van der Waals surface area (Å²) in [6.45, 7) is -0.302. The van der Waals surface area contributed by atoms with Crippen molar-refractivity contribution in [3.8, 4) is 5.75 Å². The zero-order chi connectivity index (χ0) is 28.2. The molecular formula is C26H25N3O9S. The van der Waals surface area contributed by atoms with Gasteiger partial charge in [0, 0.05) is 35.8 Å². The van der Waals surface area contributed by atoms with E-state index in [9.17, 15) is 29.8 Å². The zero-order valence-corrected chi connectivity index (χ0v) is 21.6. The number of hydrogen-bond donors (Lipinski definition) is 1. The second kappa shape index (κ2) is 14.3. The summed E-state index contributed by atoms with van der Waals surface area (Å²) >= 11 is 1.39. The molecular weight excluding hydrogens is 530 g/mol. The van der Waals surface area contributed by atoms with Crippen LogP contribution in [0.15, 0.2) is 72.8 Å². The van der Waals surface area contributed by atoms with Crippen LogP contribution in [0.2, 0.25) is 0 Å². The molecule has 0 bridgehead atoms. The molecule has 0 spiro atoms. The van der Waals surface area contributed by atoms with Crippen molar-refractivity contribution in [2.24, 2.45) is 0 Å². The van der Waals surface area contributed by atoms with E-state index in [4.69, 9.17) is 14.2 Å². The first-order valence-electron chi connectivity index (χ1n) is 11.5. The number of nitro benzene ring substituents is 2. The average molecular weight is 556 g/mol. The van der Waals surface area contributed by atoms with Crippen molar-refractivity contribution in [3.63, 3.8) is 0 Å². The highest BCUT2D eigenvalue weighted by molar-refractivity contribution is 7.98. The van der Waals surface area contributed by atoms with Gasteiger partial charge in [0.25, 0.3) is 11.4 Å². The molecule has 0 saturated carbocycles. The third kappa shape index (κ3) is 9.31. The second-order valence-electron chi connectivity index (χ2n) is 8.09. The number of alkyl carbamates (subject to hydrolysis) is 1. The molecule has 0 unspecified atom stereocenters. The lowest BCUT2D eigenvalue weighted by molar-refractivity contribution is -0.385. The van der Waals surface area contributed by atoms with Gasteiger partial charge >= 0.3 is 12.1 Å². The van der Waals surface area contributed by atoms with Crippen LogP contribution in [0.25, 0.3) is 0 Å². The zero-order valence-electron chi connectivity index (χ0n) is 20.8. The van der Waals surface area contributed by atoms with E-state index >= 15 is 0 Å². The maximum absolute atomic E-state index is 12.8. The standard InChI is InChI=1S/C26H25N3O9S/c1-36-23-12-6-20(7-13-23)16-39-17-24(25(30)37-14-18-2-8-21(9-3-18)28(32)33)27-26(31)38-15-19-4-10-22(11-5-19)29(34)35/h2-13,24H,14-17H2,1H3,(H,27,31)/t24-/m1/s1. The molecule has 1 atom stereocenters. The van der Waals surface area contributed by atoms with Gasteiger partial charge in [-0.1, -0.05) is 12.1 Å². The van der Waals surface area contributed by atoms with Gasteiger partial charge in [-0.3, -0.25) is 20.2 Å². The fourth-order valence-electron chi connectivity index (χ4n) is 3.20. The maximum Gasteiger partial charge on any atom is 0.408 e. The van der Waals surface area contributed by atoms with Crippen LogP contribution < -0.4 is 10.1 Å². The van der Waals surface area contributed by atoms with E-state index in [1.165, 1.54) is 60.3 Å². The number of nitro groups is 2. The highest BCUT2D eigenvalue weighted by atomic mass is 32.2. The van der Waals surface area contributed by atoms with Gasteiger partial charge in [0.05, 0.1) is 17.0 Å². The average Bonchev–Trinajstić information content (AvgIpc) is 2.95. The Morgan fingerprint density at radius 1 is 0.795 bits per heavy atom. The van der Waals surface area contributed by atoms with E-state index in [0.29, 0.717) is 22.6 Å². The molecule has 0 aromatic heterocycles. The highest BCUT2D eigenvalue weighted by Gasteiger charge is 2.23. The number of hydrogen-bond acceptors (Lipinski definition) is 10. The Morgan fingerprint density at radius 2 is 1.28 bits per heavy atom. The van der Waals surface area contributed by atoms with E-state index < -0.39 is 28.0 Å². The fraction of sp³-hybridized carbons (Fsp3) is 0.231. The van der Waals surface area contributed by atoms with E-state index in [2.05, 4.69) is 5.32 Å². The number of benzene rings is 3. The number of rotatable bonds is 13. The molecule has 0 fully saturated rings. The first-order chi connectivity index (χ1) is 18.7. The molecule has 0 heterocycles. The quantitative estimate of drug-likeness (QED) is 0.176. The Morgan fingerprint density at radius 3 is 1.77 bits per heavy atom. The molecule has 3 rings (SSSR count). The van der Waals surface area contributed by atoms with Crippen molar-refractivity contribution in [2.45, 2.75) is 25.0 Å². The smallest absolute Gasteiger partial charge is 0.408 e. The Bertz CT molecular complexity index is 1280. The molecule has 0 aliphatic carbocycles. The summed E-state index contributed by atoms with van der Waals surface area (Å²) in [5.74, 6) is 0.740. The number of thioether (sulfide) groups is 1. The Hall–Kier alpha value is -4.65. The highest BCUT2D eigenvalue weighted by Crippen LogP contribution is 2.18. The SMILES string of the molecule is COc1ccc(CSC[C@@H](NC(=O)OCc2ccc([N+](=O)[O-])cc2)C(=O)OCc2ccc([N+](=O)[O-])cc2)cc1. The van der Waals surface area contributed by atoms with Gasteiger partial charge in [-0.2, -0.15) is 11.8 Å². The van der Waals surface area contributed by atoms with Gasteiger partial charge in [0.2, 0.25) is 0 Å². The van der Waals surface area contributed by atoms with E-state index in [0.717, 1.165) is 5.56 Å². The number of esters is 1. The minimum atomic E-state index is -1.05. The van der Waals surface area contributed by atoms with Crippen LogP contribution in [-0.2, 0) is 33.2 Å². The second-order valence-corrected chi connectivity index (χ2v) is 9.12. The molecule has 0 aliphatic rings. The maximum atomic E-state index is 12.8. The van der Waals surface area contributed by atoms with Crippen molar-refractivity contribution in [1.82, 2.24) is 5.32 Å². The van der Waals surface area contributed by atoms with Crippen LogP contribution in [0.1, 0.15) is 16.7 Å². The van der Waals surface area contributed by atoms with Gasteiger partial charge in [0.1, 0.15) is 25.0 Å². The number of carbonyl (C=O) groups is 2. The molecule has 12 nitrogen and oxygen atoms in total. The largest absolute Gasteiger partial charge is 0.497 e. The predicted octanol–water partition coefficient (Wildman–Crippen LogP) is 4.78. The topological polar surface area (TPSA) is 160 Å². The molecule has 13 heteroatoms. The summed E-state index contributed by atoms with van der Waals surface area (Å²) in [6, 6.07) is 17.5. The molecule has 39 heavy (non-hydrogen) atoms. The lowest BCUT2D eigenvalue weighted by Gasteiger charge is -2.17. The summed E-state index contributed by atoms with van der Waals surface area (Å²) in [6.07, 6.45) is -0.865. The minimum Gasteiger partial charge on any atom is -0.497 e. The van der Waals surface area contributed by atoms with Crippen molar-refractivity contribution >= 4 is 35.2 Å². The summed E-state index contributed by atoms with van der Waals surface area (Å²) in [4.78, 5) is 45.8. The van der Waals surface area contributed by atoms with E-state index in [-0.39, 0.29) is 30.3 Å².